The van der Waals surface area contributed by atoms with Gasteiger partial charge in [-0.2, -0.15) is 0 Å². The molecule has 92 valence electrons. The summed E-state index contributed by atoms with van der Waals surface area (Å²) in [6.45, 7) is 4.97. The second-order valence-corrected chi connectivity index (χ2v) is 4.75. The molecule has 2 rings (SSSR count). The van der Waals surface area contributed by atoms with Crippen LogP contribution in [0.2, 0.25) is 0 Å². The minimum absolute atomic E-state index is 0.125. The number of piperidine rings is 1. The SMILES string of the molecule is Cc1cc(NC(=O)C2CCNC(C)C2)ccn1. The largest absolute Gasteiger partial charge is 0.326 e. The Hall–Kier alpha value is -1.42. The van der Waals surface area contributed by atoms with Gasteiger partial charge in [0.05, 0.1) is 0 Å². The lowest BCUT2D eigenvalue weighted by Crippen LogP contribution is -2.40. The van der Waals surface area contributed by atoms with Gasteiger partial charge in [-0.25, -0.2) is 0 Å². The van der Waals surface area contributed by atoms with Gasteiger partial charge in [-0.05, 0) is 45.4 Å². The maximum atomic E-state index is 12.1. The highest BCUT2D eigenvalue weighted by atomic mass is 16.1. The summed E-state index contributed by atoms with van der Waals surface area (Å²) in [6, 6.07) is 4.15. The quantitative estimate of drug-likeness (QED) is 0.817. The van der Waals surface area contributed by atoms with E-state index in [1.165, 1.54) is 0 Å². The molecule has 1 amide bonds. The van der Waals surface area contributed by atoms with E-state index in [9.17, 15) is 4.79 Å². The molecule has 1 aliphatic rings. The van der Waals surface area contributed by atoms with Crippen LogP contribution >= 0.6 is 0 Å². The Kier molecular flexibility index (Phi) is 3.74. The summed E-state index contributed by atoms with van der Waals surface area (Å²) in [4.78, 5) is 16.2. The fourth-order valence-electron chi connectivity index (χ4n) is 2.24. The zero-order chi connectivity index (χ0) is 12.3. The van der Waals surface area contributed by atoms with E-state index in [-0.39, 0.29) is 11.8 Å². The van der Waals surface area contributed by atoms with Crippen LogP contribution in [0.5, 0.6) is 0 Å². The van der Waals surface area contributed by atoms with Crippen molar-refractivity contribution in [3.8, 4) is 0 Å². The Balaban J connectivity index is 1.96. The van der Waals surface area contributed by atoms with Gasteiger partial charge in [0, 0.05) is 29.5 Å². The van der Waals surface area contributed by atoms with Gasteiger partial charge >= 0.3 is 0 Å². The molecule has 2 heterocycles. The van der Waals surface area contributed by atoms with Crippen LogP contribution in [-0.2, 0) is 4.79 Å². The van der Waals surface area contributed by atoms with Crippen LogP contribution < -0.4 is 10.6 Å². The van der Waals surface area contributed by atoms with E-state index in [1.54, 1.807) is 6.20 Å². The van der Waals surface area contributed by atoms with Gasteiger partial charge in [-0.3, -0.25) is 9.78 Å². The molecule has 1 aromatic rings. The van der Waals surface area contributed by atoms with Crippen molar-refractivity contribution in [1.82, 2.24) is 10.3 Å². The van der Waals surface area contributed by atoms with Crippen LogP contribution in [0.4, 0.5) is 5.69 Å². The number of anilines is 1. The van der Waals surface area contributed by atoms with E-state index in [2.05, 4.69) is 22.5 Å². The molecule has 1 aromatic heterocycles. The molecule has 0 radical (unpaired) electrons. The molecular weight excluding hydrogens is 214 g/mol. The van der Waals surface area contributed by atoms with E-state index in [1.807, 2.05) is 19.1 Å². The third-order valence-electron chi connectivity index (χ3n) is 3.16. The van der Waals surface area contributed by atoms with Gasteiger partial charge in [0.15, 0.2) is 0 Å². The molecule has 0 aromatic carbocycles. The molecule has 2 unspecified atom stereocenters. The van der Waals surface area contributed by atoms with Crippen molar-refractivity contribution >= 4 is 11.6 Å². The molecule has 0 aliphatic carbocycles. The number of nitrogens with one attached hydrogen (secondary N) is 2. The molecule has 2 N–H and O–H groups in total. The summed E-state index contributed by atoms with van der Waals surface area (Å²) in [5.41, 5.74) is 1.76. The van der Waals surface area contributed by atoms with Crippen molar-refractivity contribution in [3.05, 3.63) is 24.0 Å². The molecule has 1 saturated heterocycles. The number of rotatable bonds is 2. The molecule has 1 aliphatic heterocycles. The van der Waals surface area contributed by atoms with Crippen molar-refractivity contribution in [1.29, 1.82) is 0 Å². The standard InChI is InChI=1S/C13H19N3O/c1-9-7-11(3-5-14-9)13(17)16-12-4-6-15-10(2)8-12/h4,6,8-9,11,14H,3,5,7H2,1-2H3,(H,15,16,17). The predicted octanol–water partition coefficient (Wildman–Crippen LogP) is 1.72. The van der Waals surface area contributed by atoms with Gasteiger partial charge in [0.2, 0.25) is 5.91 Å². The van der Waals surface area contributed by atoms with Crippen LogP contribution in [0, 0.1) is 12.8 Å². The fraction of sp³-hybridized carbons (Fsp3) is 0.538. The minimum atomic E-state index is 0.125. The first kappa shape index (κ1) is 12.0. The number of amides is 1. The Bertz CT molecular complexity index is 405. The van der Waals surface area contributed by atoms with Gasteiger partial charge < -0.3 is 10.6 Å². The van der Waals surface area contributed by atoms with Crippen molar-refractivity contribution in [2.45, 2.75) is 32.7 Å². The van der Waals surface area contributed by atoms with Gasteiger partial charge in [0.1, 0.15) is 0 Å². The number of aryl methyl sites for hydroxylation is 1. The molecule has 1 fully saturated rings. The summed E-state index contributed by atoms with van der Waals surface area (Å²) in [6.07, 6.45) is 3.55. The molecule has 4 nitrogen and oxygen atoms in total. The third kappa shape index (κ3) is 3.27. The Morgan fingerprint density at radius 3 is 3.12 bits per heavy atom. The van der Waals surface area contributed by atoms with Crippen molar-refractivity contribution in [2.75, 3.05) is 11.9 Å². The first-order valence-electron chi connectivity index (χ1n) is 6.12. The maximum Gasteiger partial charge on any atom is 0.227 e. The molecule has 0 bridgehead atoms. The summed E-state index contributed by atoms with van der Waals surface area (Å²) < 4.78 is 0. The fourth-order valence-corrected chi connectivity index (χ4v) is 2.24. The molecule has 17 heavy (non-hydrogen) atoms. The Morgan fingerprint density at radius 1 is 1.59 bits per heavy atom. The first-order chi connectivity index (χ1) is 8.15. The van der Waals surface area contributed by atoms with E-state index >= 15 is 0 Å². The zero-order valence-electron chi connectivity index (χ0n) is 10.4. The molecule has 0 saturated carbocycles. The monoisotopic (exact) mass is 233 g/mol. The maximum absolute atomic E-state index is 12.1. The lowest BCUT2D eigenvalue weighted by molar-refractivity contribution is -0.120. The summed E-state index contributed by atoms with van der Waals surface area (Å²) in [7, 11) is 0. The third-order valence-corrected chi connectivity index (χ3v) is 3.16. The smallest absolute Gasteiger partial charge is 0.227 e. The number of carbonyl (C=O) groups is 1. The van der Waals surface area contributed by atoms with Crippen molar-refractivity contribution < 1.29 is 4.79 Å². The normalized spacial score (nSPS) is 24.4. The Labute approximate surface area is 102 Å². The molecule has 0 spiro atoms. The number of nitrogens with zero attached hydrogens (tertiary/aromatic N) is 1. The van der Waals surface area contributed by atoms with E-state index in [0.29, 0.717) is 6.04 Å². The van der Waals surface area contributed by atoms with E-state index in [0.717, 1.165) is 30.8 Å². The van der Waals surface area contributed by atoms with Crippen LogP contribution in [-0.4, -0.2) is 23.5 Å². The number of hydrogen-bond acceptors (Lipinski definition) is 3. The summed E-state index contributed by atoms with van der Waals surface area (Å²) in [5.74, 6) is 0.253. The van der Waals surface area contributed by atoms with Gasteiger partial charge in [0.25, 0.3) is 0 Å². The highest BCUT2D eigenvalue weighted by Gasteiger charge is 2.24. The topological polar surface area (TPSA) is 54.0 Å². The van der Waals surface area contributed by atoms with Gasteiger partial charge in [-0.1, -0.05) is 0 Å². The molecule has 2 atom stereocenters. The number of pyridine rings is 1. The van der Waals surface area contributed by atoms with Crippen LogP contribution in [0.3, 0.4) is 0 Å². The number of aromatic nitrogens is 1. The molecular formula is C13H19N3O. The number of carbonyl (C=O) groups excluding carboxylic acids is 1. The average molecular weight is 233 g/mol. The highest BCUT2D eigenvalue weighted by molar-refractivity contribution is 5.92. The lowest BCUT2D eigenvalue weighted by atomic mass is 9.92. The predicted molar refractivity (Wildman–Crippen MR) is 67.8 cm³/mol. The van der Waals surface area contributed by atoms with E-state index < -0.39 is 0 Å². The van der Waals surface area contributed by atoms with E-state index in [4.69, 9.17) is 0 Å². The van der Waals surface area contributed by atoms with Crippen molar-refractivity contribution in [2.24, 2.45) is 5.92 Å². The Morgan fingerprint density at radius 2 is 2.41 bits per heavy atom. The lowest BCUT2D eigenvalue weighted by Gasteiger charge is -2.27. The average Bonchev–Trinajstić information content (AvgIpc) is 2.29. The van der Waals surface area contributed by atoms with Crippen LogP contribution in [0.25, 0.3) is 0 Å². The van der Waals surface area contributed by atoms with Gasteiger partial charge in [-0.15, -0.1) is 0 Å². The summed E-state index contributed by atoms with van der Waals surface area (Å²) >= 11 is 0. The minimum Gasteiger partial charge on any atom is -0.326 e. The summed E-state index contributed by atoms with van der Waals surface area (Å²) in [5, 5.41) is 6.32. The second kappa shape index (κ2) is 5.27. The molecule has 4 heteroatoms. The second-order valence-electron chi connectivity index (χ2n) is 4.75. The van der Waals surface area contributed by atoms with Crippen LogP contribution in [0.15, 0.2) is 18.3 Å². The van der Waals surface area contributed by atoms with Crippen molar-refractivity contribution in [3.63, 3.8) is 0 Å². The number of hydrogen-bond donors (Lipinski definition) is 2. The zero-order valence-corrected chi connectivity index (χ0v) is 10.4. The highest BCUT2D eigenvalue weighted by Crippen LogP contribution is 2.18. The first-order valence-corrected chi connectivity index (χ1v) is 6.12. The van der Waals surface area contributed by atoms with Crippen LogP contribution in [0.1, 0.15) is 25.5 Å².